The first-order chi connectivity index (χ1) is 14.7. The number of aromatic nitrogens is 3. The minimum atomic E-state index is 0.380. The summed E-state index contributed by atoms with van der Waals surface area (Å²) in [7, 11) is 0. The van der Waals surface area contributed by atoms with E-state index < -0.39 is 0 Å². The number of ether oxygens (including phenoxy) is 1. The van der Waals surface area contributed by atoms with Gasteiger partial charge in [-0.25, -0.2) is 5.43 Å². The molecule has 30 heavy (non-hydrogen) atoms. The van der Waals surface area contributed by atoms with Crippen LogP contribution in [-0.4, -0.2) is 47.5 Å². The quantitative estimate of drug-likeness (QED) is 0.481. The molecule has 8 heteroatoms. The Kier molecular flexibility index (Phi) is 6.14. The summed E-state index contributed by atoms with van der Waals surface area (Å²) in [6.45, 7) is 6.88. The second kappa shape index (κ2) is 9.32. The molecule has 0 spiro atoms. The molecule has 2 N–H and O–H groups in total. The SMILES string of the molecule is Cc1ccc(Nc2nc(N/N=C/c3ccccc3C)nc(N3CCOCC3)n2)cc1. The number of aryl methyl sites for hydroxylation is 2. The third-order valence-electron chi connectivity index (χ3n) is 4.78. The maximum atomic E-state index is 5.45. The fraction of sp³-hybridized carbons (Fsp3) is 0.273. The molecule has 0 saturated carbocycles. The van der Waals surface area contributed by atoms with E-state index in [0.717, 1.165) is 29.9 Å². The van der Waals surface area contributed by atoms with Gasteiger partial charge in [0.25, 0.3) is 0 Å². The van der Waals surface area contributed by atoms with E-state index in [4.69, 9.17) is 4.74 Å². The Hall–Kier alpha value is -3.52. The molecule has 0 atom stereocenters. The smallest absolute Gasteiger partial charge is 0.250 e. The number of rotatable bonds is 6. The second-order valence-corrected chi connectivity index (χ2v) is 7.10. The highest BCUT2D eigenvalue weighted by molar-refractivity contribution is 5.81. The minimum Gasteiger partial charge on any atom is -0.378 e. The maximum absolute atomic E-state index is 5.45. The molecule has 2 aromatic carbocycles. The van der Waals surface area contributed by atoms with E-state index in [0.29, 0.717) is 31.1 Å². The molecule has 0 aliphatic carbocycles. The summed E-state index contributed by atoms with van der Waals surface area (Å²) in [4.78, 5) is 15.7. The first kappa shape index (κ1) is 19.8. The fourth-order valence-electron chi connectivity index (χ4n) is 3.03. The van der Waals surface area contributed by atoms with Crippen LogP contribution < -0.4 is 15.6 Å². The number of nitrogens with one attached hydrogen (secondary N) is 2. The molecule has 0 amide bonds. The van der Waals surface area contributed by atoms with Crippen LogP contribution in [0.3, 0.4) is 0 Å². The van der Waals surface area contributed by atoms with E-state index in [2.05, 4.69) is 42.6 Å². The summed E-state index contributed by atoms with van der Waals surface area (Å²) in [5.74, 6) is 1.44. The normalized spacial score (nSPS) is 14.1. The standard InChI is InChI=1S/C22H25N7O/c1-16-7-9-19(10-8-16)24-20-25-21(27-22(26-20)29-11-13-30-14-12-29)28-23-15-18-6-4-3-5-17(18)2/h3-10,15H,11-14H2,1-2H3,(H2,24,25,26,27,28)/b23-15+. The van der Waals surface area contributed by atoms with Crippen molar-refractivity contribution in [2.75, 3.05) is 41.9 Å². The van der Waals surface area contributed by atoms with Crippen LogP contribution in [0.15, 0.2) is 53.6 Å². The molecule has 4 rings (SSSR count). The van der Waals surface area contributed by atoms with Crippen LogP contribution in [0.4, 0.5) is 23.5 Å². The molecule has 1 aliphatic heterocycles. The van der Waals surface area contributed by atoms with Gasteiger partial charge >= 0.3 is 0 Å². The topological polar surface area (TPSA) is 87.6 Å². The number of morpholine rings is 1. The predicted molar refractivity (Wildman–Crippen MR) is 120 cm³/mol. The van der Waals surface area contributed by atoms with Crippen molar-refractivity contribution in [3.05, 3.63) is 65.2 Å². The Balaban J connectivity index is 1.57. The Labute approximate surface area is 176 Å². The molecule has 8 nitrogen and oxygen atoms in total. The number of hydrazone groups is 1. The zero-order chi connectivity index (χ0) is 20.8. The molecule has 2 heterocycles. The van der Waals surface area contributed by atoms with Crippen molar-refractivity contribution in [3.8, 4) is 0 Å². The lowest BCUT2D eigenvalue weighted by molar-refractivity contribution is 0.122. The number of hydrogen-bond donors (Lipinski definition) is 2. The molecule has 0 radical (unpaired) electrons. The summed E-state index contributed by atoms with van der Waals surface area (Å²) in [5.41, 5.74) is 7.23. The Morgan fingerprint density at radius 1 is 0.933 bits per heavy atom. The van der Waals surface area contributed by atoms with Crippen LogP contribution in [0.1, 0.15) is 16.7 Å². The average molecular weight is 403 g/mol. The van der Waals surface area contributed by atoms with Crippen LogP contribution in [-0.2, 0) is 4.74 Å². The maximum Gasteiger partial charge on any atom is 0.250 e. The van der Waals surface area contributed by atoms with E-state index in [1.807, 2.05) is 55.5 Å². The van der Waals surface area contributed by atoms with Crippen LogP contribution >= 0.6 is 0 Å². The molecular formula is C22H25N7O. The van der Waals surface area contributed by atoms with E-state index >= 15 is 0 Å². The van der Waals surface area contributed by atoms with E-state index in [-0.39, 0.29) is 0 Å². The van der Waals surface area contributed by atoms with Gasteiger partial charge in [0.05, 0.1) is 19.4 Å². The monoisotopic (exact) mass is 403 g/mol. The highest BCUT2D eigenvalue weighted by Crippen LogP contribution is 2.19. The van der Waals surface area contributed by atoms with Crippen molar-refractivity contribution in [3.63, 3.8) is 0 Å². The summed E-state index contributed by atoms with van der Waals surface area (Å²) in [6.07, 6.45) is 1.76. The fourth-order valence-corrected chi connectivity index (χ4v) is 3.03. The number of hydrogen-bond acceptors (Lipinski definition) is 8. The van der Waals surface area contributed by atoms with Gasteiger partial charge in [0.2, 0.25) is 17.8 Å². The molecule has 1 fully saturated rings. The molecular weight excluding hydrogens is 378 g/mol. The molecule has 1 aliphatic rings. The number of anilines is 4. The van der Waals surface area contributed by atoms with Crippen molar-refractivity contribution in [2.45, 2.75) is 13.8 Å². The van der Waals surface area contributed by atoms with Crippen LogP contribution in [0.2, 0.25) is 0 Å². The van der Waals surface area contributed by atoms with Gasteiger partial charge in [0.15, 0.2) is 0 Å². The Bertz CT molecular complexity index is 1010. The lowest BCUT2D eigenvalue weighted by Gasteiger charge is -2.27. The number of benzene rings is 2. The third-order valence-corrected chi connectivity index (χ3v) is 4.78. The van der Waals surface area contributed by atoms with Gasteiger partial charge in [0.1, 0.15) is 0 Å². The molecule has 154 valence electrons. The average Bonchev–Trinajstić information content (AvgIpc) is 2.77. The van der Waals surface area contributed by atoms with Crippen molar-refractivity contribution in [2.24, 2.45) is 5.10 Å². The summed E-state index contributed by atoms with van der Waals surface area (Å²) < 4.78 is 5.45. The zero-order valence-electron chi connectivity index (χ0n) is 17.2. The first-order valence-corrected chi connectivity index (χ1v) is 9.94. The third kappa shape index (κ3) is 5.09. The lowest BCUT2D eigenvalue weighted by Crippen LogP contribution is -2.37. The highest BCUT2D eigenvalue weighted by atomic mass is 16.5. The lowest BCUT2D eigenvalue weighted by atomic mass is 10.1. The van der Waals surface area contributed by atoms with Crippen LogP contribution in [0.5, 0.6) is 0 Å². The van der Waals surface area contributed by atoms with Gasteiger partial charge < -0.3 is 15.0 Å². The van der Waals surface area contributed by atoms with Gasteiger partial charge in [-0.3, -0.25) is 0 Å². The predicted octanol–water partition coefficient (Wildman–Crippen LogP) is 3.51. The first-order valence-electron chi connectivity index (χ1n) is 9.94. The summed E-state index contributed by atoms with van der Waals surface area (Å²) >= 11 is 0. The van der Waals surface area contributed by atoms with E-state index in [1.165, 1.54) is 5.56 Å². The van der Waals surface area contributed by atoms with Crippen LogP contribution in [0, 0.1) is 13.8 Å². The molecule has 1 aromatic heterocycles. The van der Waals surface area contributed by atoms with E-state index in [9.17, 15) is 0 Å². The van der Waals surface area contributed by atoms with Gasteiger partial charge in [-0.05, 0) is 37.1 Å². The highest BCUT2D eigenvalue weighted by Gasteiger charge is 2.16. The summed E-state index contributed by atoms with van der Waals surface area (Å²) in [6, 6.07) is 16.1. The van der Waals surface area contributed by atoms with Gasteiger partial charge in [0, 0.05) is 18.8 Å². The van der Waals surface area contributed by atoms with Crippen LogP contribution in [0.25, 0.3) is 0 Å². The number of nitrogens with zero attached hydrogens (tertiary/aromatic N) is 5. The minimum absolute atomic E-state index is 0.380. The largest absolute Gasteiger partial charge is 0.378 e. The Morgan fingerprint density at radius 2 is 1.67 bits per heavy atom. The summed E-state index contributed by atoms with van der Waals surface area (Å²) in [5, 5.41) is 7.58. The molecule has 0 bridgehead atoms. The van der Waals surface area contributed by atoms with E-state index in [1.54, 1.807) is 6.21 Å². The zero-order valence-corrected chi connectivity index (χ0v) is 17.2. The molecule has 0 unspecified atom stereocenters. The molecule has 1 saturated heterocycles. The van der Waals surface area contributed by atoms with Gasteiger partial charge in [-0.1, -0.05) is 42.0 Å². The Morgan fingerprint density at radius 3 is 2.43 bits per heavy atom. The molecule has 3 aromatic rings. The second-order valence-electron chi connectivity index (χ2n) is 7.10. The van der Waals surface area contributed by atoms with Gasteiger partial charge in [-0.2, -0.15) is 20.1 Å². The van der Waals surface area contributed by atoms with Crippen molar-refractivity contribution in [1.29, 1.82) is 0 Å². The van der Waals surface area contributed by atoms with Crippen molar-refractivity contribution < 1.29 is 4.74 Å². The van der Waals surface area contributed by atoms with Crippen molar-refractivity contribution in [1.82, 2.24) is 15.0 Å². The van der Waals surface area contributed by atoms with Gasteiger partial charge in [-0.15, -0.1) is 0 Å². The van der Waals surface area contributed by atoms with Crippen molar-refractivity contribution >= 4 is 29.7 Å².